The Labute approximate surface area is 382 Å². The molecular formula is C60H46N4O2. The Bertz CT molecular complexity index is 3830. The zero-order valence-corrected chi connectivity index (χ0v) is 36.6. The molecule has 0 spiro atoms. The second kappa shape index (κ2) is 16.0. The molecule has 6 nitrogen and oxygen atoms in total. The number of allylic oxidation sites excluding steroid dienone is 3. The van der Waals surface area contributed by atoms with Gasteiger partial charge in [0.15, 0.2) is 0 Å². The molecule has 0 fully saturated rings. The third-order valence-corrected chi connectivity index (χ3v) is 13.3. The quantitative estimate of drug-likeness (QED) is 0.128. The lowest BCUT2D eigenvalue weighted by Crippen LogP contribution is -2.21. The second-order valence-electron chi connectivity index (χ2n) is 17.3. The van der Waals surface area contributed by atoms with Crippen LogP contribution in [0.2, 0.25) is 0 Å². The Hall–Kier alpha value is -8.35. The summed E-state index contributed by atoms with van der Waals surface area (Å²) in [6, 6.07) is 61.6. The first-order valence-corrected chi connectivity index (χ1v) is 22.7. The van der Waals surface area contributed by atoms with Crippen molar-refractivity contribution in [1.82, 2.24) is 9.13 Å². The Balaban J connectivity index is 1.02. The molecule has 0 aliphatic carbocycles. The number of benzene rings is 8. The number of hydrogen-bond donors (Lipinski definition) is 1. The average molecular weight is 855 g/mol. The molecule has 11 aromatic rings. The fourth-order valence-electron chi connectivity index (χ4n) is 10.1. The molecule has 0 bridgehead atoms. The summed E-state index contributed by atoms with van der Waals surface area (Å²) >= 11 is 0. The largest absolute Gasteiger partial charge is 0.487 e. The summed E-state index contributed by atoms with van der Waals surface area (Å²) in [6.07, 6.45) is 7.88. The van der Waals surface area contributed by atoms with Crippen LogP contribution in [0.25, 0.3) is 87.7 Å². The Morgan fingerprint density at radius 1 is 0.667 bits per heavy atom. The summed E-state index contributed by atoms with van der Waals surface area (Å²) < 4.78 is 18.0. The van der Waals surface area contributed by atoms with E-state index < -0.39 is 0 Å². The van der Waals surface area contributed by atoms with E-state index in [4.69, 9.17) is 19.9 Å². The van der Waals surface area contributed by atoms with E-state index in [0.29, 0.717) is 30.8 Å². The first kappa shape index (κ1) is 39.3. The van der Waals surface area contributed by atoms with Crippen molar-refractivity contribution in [3.63, 3.8) is 0 Å². The molecule has 66 heavy (non-hydrogen) atoms. The van der Waals surface area contributed by atoms with E-state index >= 15 is 0 Å². The van der Waals surface area contributed by atoms with Gasteiger partial charge >= 0.3 is 0 Å². The first-order valence-electron chi connectivity index (χ1n) is 22.7. The lowest BCUT2D eigenvalue weighted by Gasteiger charge is -2.20. The van der Waals surface area contributed by atoms with Crippen molar-refractivity contribution < 1.29 is 9.15 Å². The van der Waals surface area contributed by atoms with Crippen LogP contribution >= 0.6 is 0 Å². The van der Waals surface area contributed by atoms with Crippen LogP contribution in [0.5, 0.6) is 5.75 Å². The highest BCUT2D eigenvalue weighted by Gasteiger charge is 2.23. The SMILES string of the molecule is C=C(/N=C(\C(C)C\C=C(N)/C1=C(\n2c3ccccc3c3cc4ccccc4cc32)COc2ccccc2C/C=C\1)n1c2ccccc2c2ccccc21)c1cccc2c1oc1ccccc12. The van der Waals surface area contributed by atoms with Gasteiger partial charge in [-0.15, -0.1) is 0 Å². The minimum atomic E-state index is -0.112. The predicted octanol–water partition coefficient (Wildman–Crippen LogP) is 14.8. The van der Waals surface area contributed by atoms with E-state index in [1.165, 1.54) is 32.3 Å². The summed E-state index contributed by atoms with van der Waals surface area (Å²) in [4.78, 5) is 5.52. The molecule has 1 aliphatic rings. The monoisotopic (exact) mass is 854 g/mol. The average Bonchev–Trinajstić information content (AvgIpc) is 4.03. The van der Waals surface area contributed by atoms with E-state index in [1.54, 1.807) is 0 Å². The van der Waals surface area contributed by atoms with Crippen LogP contribution in [0.4, 0.5) is 0 Å². The number of nitrogens with zero attached hydrogens (tertiary/aromatic N) is 3. The standard InChI is InChI=1S/C60H46N4O2/c1-38(60(64-53-29-11-6-21-44(53)45-22-7-12-30-54(45)64)62-39(2)43-25-16-26-48-47-24-9-14-32-58(47)66-59(43)48)33-34-51(61)49-27-15-20-40-17-5-13-31-57(40)65-37-56(49)63-52-28-10-8-23-46(52)50-35-41-18-3-4-19-42(41)36-55(50)63/h3-19,21-32,34-36,38H,2,20,33,37,61H2,1H3/b27-15-,51-34+,56-49-,62-60+. The Morgan fingerprint density at radius 3 is 2.06 bits per heavy atom. The topological polar surface area (TPSA) is 70.6 Å². The normalized spacial score (nSPS) is 15.9. The maximum absolute atomic E-state index is 7.45. The lowest BCUT2D eigenvalue weighted by molar-refractivity contribution is 0.361. The van der Waals surface area contributed by atoms with Gasteiger partial charge < -0.3 is 19.5 Å². The van der Waals surface area contributed by atoms with Gasteiger partial charge in [-0.25, -0.2) is 4.99 Å². The van der Waals surface area contributed by atoms with Crippen LogP contribution in [0.1, 0.15) is 24.5 Å². The molecule has 0 saturated heterocycles. The van der Waals surface area contributed by atoms with E-state index in [0.717, 1.165) is 78.0 Å². The molecule has 6 heteroatoms. The molecule has 1 aliphatic heterocycles. The smallest absolute Gasteiger partial charge is 0.144 e. The summed E-state index contributed by atoms with van der Waals surface area (Å²) in [5.74, 6) is 1.62. The number of aromatic nitrogens is 2. The Kier molecular flexibility index (Phi) is 9.53. The number of rotatable bonds is 7. The van der Waals surface area contributed by atoms with Gasteiger partial charge in [-0.05, 0) is 77.7 Å². The predicted molar refractivity (Wildman–Crippen MR) is 276 cm³/mol. The number of ether oxygens (including phenoxy) is 1. The molecule has 1 unspecified atom stereocenters. The van der Waals surface area contributed by atoms with E-state index in [1.807, 2.05) is 24.3 Å². The van der Waals surface area contributed by atoms with Crippen molar-refractivity contribution >= 4 is 93.6 Å². The number of furan rings is 1. The third-order valence-electron chi connectivity index (χ3n) is 13.3. The van der Waals surface area contributed by atoms with Crippen molar-refractivity contribution in [2.45, 2.75) is 19.8 Å². The molecule has 0 radical (unpaired) electrons. The van der Waals surface area contributed by atoms with Crippen LogP contribution in [-0.4, -0.2) is 21.6 Å². The molecule has 0 amide bonds. The number of hydrogen-bond acceptors (Lipinski definition) is 4. The van der Waals surface area contributed by atoms with Gasteiger partial charge in [0.05, 0.1) is 33.5 Å². The summed E-state index contributed by atoms with van der Waals surface area (Å²) in [6.45, 7) is 7.16. The van der Waals surface area contributed by atoms with Crippen molar-refractivity contribution in [2.24, 2.45) is 16.6 Å². The molecule has 4 heterocycles. The zero-order chi connectivity index (χ0) is 44.3. The summed E-state index contributed by atoms with van der Waals surface area (Å²) in [7, 11) is 0. The van der Waals surface area contributed by atoms with E-state index in [9.17, 15) is 0 Å². The molecule has 2 N–H and O–H groups in total. The molecule has 1 atom stereocenters. The molecule has 318 valence electrons. The fourth-order valence-corrected chi connectivity index (χ4v) is 10.1. The van der Waals surface area contributed by atoms with Crippen molar-refractivity contribution in [2.75, 3.05) is 6.61 Å². The van der Waals surface area contributed by atoms with Crippen molar-refractivity contribution in [3.05, 3.63) is 223 Å². The molecule has 12 rings (SSSR count). The van der Waals surface area contributed by atoms with Gasteiger partial charge in [0.2, 0.25) is 0 Å². The number of fused-ring (bicyclic) bond motifs is 11. The maximum Gasteiger partial charge on any atom is 0.144 e. The van der Waals surface area contributed by atoms with Crippen LogP contribution in [-0.2, 0) is 6.42 Å². The highest BCUT2D eigenvalue weighted by Crippen LogP contribution is 2.39. The summed E-state index contributed by atoms with van der Waals surface area (Å²) in [5, 5.41) is 9.17. The molecule has 0 saturated carbocycles. The molecule has 3 aromatic heterocycles. The van der Waals surface area contributed by atoms with Crippen molar-refractivity contribution in [3.8, 4) is 5.75 Å². The number of para-hydroxylation sites is 6. The summed E-state index contributed by atoms with van der Waals surface area (Å²) in [5.41, 5.74) is 18.6. The first-order chi connectivity index (χ1) is 32.5. The second-order valence-corrected chi connectivity index (χ2v) is 17.3. The van der Waals surface area contributed by atoms with Crippen LogP contribution < -0.4 is 10.5 Å². The highest BCUT2D eigenvalue weighted by molar-refractivity contribution is 6.16. The molecular weight excluding hydrogens is 809 g/mol. The maximum atomic E-state index is 7.45. The third kappa shape index (κ3) is 6.52. The van der Waals surface area contributed by atoms with E-state index in [2.05, 4.69) is 193 Å². The van der Waals surface area contributed by atoms with E-state index in [-0.39, 0.29) is 5.92 Å². The minimum Gasteiger partial charge on any atom is -0.487 e. The van der Waals surface area contributed by atoms with Crippen LogP contribution in [0.3, 0.4) is 0 Å². The van der Waals surface area contributed by atoms with Gasteiger partial charge in [0.25, 0.3) is 0 Å². The molecule has 8 aromatic carbocycles. The lowest BCUT2D eigenvalue weighted by atomic mass is 10.0. The number of aliphatic imine (C=N–C) groups is 1. The zero-order valence-electron chi connectivity index (χ0n) is 36.6. The highest BCUT2D eigenvalue weighted by atomic mass is 16.5. The van der Waals surface area contributed by atoms with Gasteiger partial charge in [-0.2, -0.15) is 0 Å². The van der Waals surface area contributed by atoms with Gasteiger partial charge in [0, 0.05) is 55.1 Å². The van der Waals surface area contributed by atoms with Crippen LogP contribution in [0, 0.1) is 5.92 Å². The van der Waals surface area contributed by atoms with Gasteiger partial charge in [0.1, 0.15) is 29.4 Å². The minimum absolute atomic E-state index is 0.112. The number of nitrogens with two attached hydrogens (primary N) is 1. The fraction of sp³-hybridized carbons (Fsp3) is 0.0833. The van der Waals surface area contributed by atoms with Gasteiger partial charge in [-0.3, -0.25) is 4.57 Å². The van der Waals surface area contributed by atoms with Crippen LogP contribution in [0.15, 0.2) is 221 Å². The van der Waals surface area contributed by atoms with Crippen molar-refractivity contribution in [1.29, 1.82) is 0 Å². The van der Waals surface area contributed by atoms with Gasteiger partial charge in [-0.1, -0.05) is 159 Å². The Morgan fingerprint density at radius 2 is 1.29 bits per heavy atom.